The van der Waals surface area contributed by atoms with Crippen LogP contribution >= 0.6 is 0 Å². The quantitative estimate of drug-likeness (QED) is 0.636. The van der Waals surface area contributed by atoms with Crippen molar-refractivity contribution >= 4 is 28.3 Å². The molecule has 23 heavy (non-hydrogen) atoms. The molecular weight excluding hydrogens is 292 g/mol. The number of carbonyl (C=O) groups excluding carboxylic acids is 2. The van der Waals surface area contributed by atoms with E-state index in [1.54, 1.807) is 6.07 Å². The summed E-state index contributed by atoms with van der Waals surface area (Å²) in [5, 5.41) is 7.17. The maximum Gasteiger partial charge on any atom is 0.313 e. The number of nitrogens with one attached hydrogen (secondary N) is 2. The summed E-state index contributed by atoms with van der Waals surface area (Å²) in [6.07, 6.45) is 0.839. The summed E-state index contributed by atoms with van der Waals surface area (Å²) in [4.78, 5) is 23.8. The van der Waals surface area contributed by atoms with Gasteiger partial charge >= 0.3 is 11.8 Å². The summed E-state index contributed by atoms with van der Waals surface area (Å²) >= 11 is 0. The molecule has 0 radical (unpaired) electrons. The molecule has 0 fully saturated rings. The van der Waals surface area contributed by atoms with Gasteiger partial charge in [0.05, 0.1) is 6.10 Å². The van der Waals surface area contributed by atoms with E-state index in [9.17, 15) is 9.59 Å². The Morgan fingerprint density at radius 3 is 2.57 bits per heavy atom. The van der Waals surface area contributed by atoms with E-state index < -0.39 is 11.8 Å². The smallest absolute Gasteiger partial charge is 0.313 e. The minimum atomic E-state index is -0.661. The van der Waals surface area contributed by atoms with Crippen molar-refractivity contribution in [3.8, 4) is 0 Å². The van der Waals surface area contributed by atoms with Gasteiger partial charge in [-0.1, -0.05) is 36.4 Å². The number of fused-ring (bicyclic) bond motifs is 1. The van der Waals surface area contributed by atoms with Crippen LogP contribution in [0, 0.1) is 0 Å². The summed E-state index contributed by atoms with van der Waals surface area (Å²) < 4.78 is 5.38. The second-order valence-corrected chi connectivity index (χ2v) is 5.51. The van der Waals surface area contributed by atoms with Crippen LogP contribution in [0.2, 0.25) is 0 Å². The Balaban J connectivity index is 1.87. The van der Waals surface area contributed by atoms with E-state index in [0.29, 0.717) is 25.3 Å². The van der Waals surface area contributed by atoms with E-state index in [2.05, 4.69) is 10.6 Å². The minimum Gasteiger partial charge on any atom is -0.379 e. The lowest BCUT2D eigenvalue weighted by atomic mass is 10.1. The highest BCUT2D eigenvalue weighted by molar-refractivity contribution is 6.40. The molecule has 0 aromatic heterocycles. The second-order valence-electron chi connectivity index (χ2n) is 5.51. The molecule has 5 nitrogen and oxygen atoms in total. The van der Waals surface area contributed by atoms with Crippen molar-refractivity contribution in [3.05, 3.63) is 42.5 Å². The number of carbonyl (C=O) groups is 2. The predicted octanol–water partition coefficient (Wildman–Crippen LogP) is 2.71. The summed E-state index contributed by atoms with van der Waals surface area (Å²) in [6, 6.07) is 13.3. The number of rotatable bonds is 6. The Bertz CT molecular complexity index is 678. The van der Waals surface area contributed by atoms with Crippen LogP contribution < -0.4 is 10.6 Å². The van der Waals surface area contributed by atoms with Crippen LogP contribution in [0.3, 0.4) is 0 Å². The molecule has 0 aliphatic heterocycles. The van der Waals surface area contributed by atoms with Crippen LogP contribution in [0.4, 0.5) is 5.69 Å². The Hall–Kier alpha value is -2.40. The molecule has 122 valence electrons. The maximum atomic E-state index is 12.0. The number of ether oxygens (including phenoxy) is 1. The number of benzene rings is 2. The monoisotopic (exact) mass is 314 g/mol. The molecule has 2 amide bonds. The standard InChI is InChI=1S/C18H22N2O3/c1-13(2)23-12-6-11-19-17(21)18(22)20-16-10-5-8-14-7-3-4-9-15(14)16/h3-5,7-10,13H,6,11-12H2,1-2H3,(H,19,21)(H,20,22). The van der Waals surface area contributed by atoms with Gasteiger partial charge < -0.3 is 15.4 Å². The molecule has 0 aliphatic carbocycles. The summed E-state index contributed by atoms with van der Waals surface area (Å²) in [6.45, 7) is 4.88. The lowest BCUT2D eigenvalue weighted by molar-refractivity contribution is -0.136. The number of amides is 2. The van der Waals surface area contributed by atoms with Gasteiger partial charge in [-0.3, -0.25) is 9.59 Å². The van der Waals surface area contributed by atoms with Crippen LogP contribution in [0.15, 0.2) is 42.5 Å². The van der Waals surface area contributed by atoms with E-state index in [4.69, 9.17) is 4.74 Å². The summed E-state index contributed by atoms with van der Waals surface area (Å²) in [7, 11) is 0. The number of anilines is 1. The normalized spacial score (nSPS) is 10.7. The van der Waals surface area contributed by atoms with Gasteiger partial charge in [-0.2, -0.15) is 0 Å². The first kappa shape index (κ1) is 17.0. The van der Waals surface area contributed by atoms with Gasteiger partial charge in [-0.05, 0) is 31.7 Å². The third-order valence-corrected chi connectivity index (χ3v) is 3.30. The number of hydrogen-bond acceptors (Lipinski definition) is 3. The highest BCUT2D eigenvalue weighted by Gasteiger charge is 2.14. The van der Waals surface area contributed by atoms with E-state index in [1.807, 2.05) is 50.2 Å². The largest absolute Gasteiger partial charge is 0.379 e. The van der Waals surface area contributed by atoms with Crippen molar-refractivity contribution in [1.29, 1.82) is 0 Å². The molecule has 2 aromatic carbocycles. The molecular formula is C18H22N2O3. The van der Waals surface area contributed by atoms with Gasteiger partial charge in [0.25, 0.3) is 0 Å². The molecule has 0 bridgehead atoms. The third kappa shape index (κ3) is 5.07. The van der Waals surface area contributed by atoms with E-state index in [1.165, 1.54) is 0 Å². The summed E-state index contributed by atoms with van der Waals surface area (Å²) in [5.74, 6) is -1.30. The van der Waals surface area contributed by atoms with Crippen LogP contribution in [0.5, 0.6) is 0 Å². The number of hydrogen-bond donors (Lipinski definition) is 2. The first-order chi connectivity index (χ1) is 11.1. The molecule has 2 rings (SSSR count). The zero-order valence-electron chi connectivity index (χ0n) is 13.5. The second kappa shape index (κ2) is 8.29. The molecule has 0 heterocycles. The highest BCUT2D eigenvalue weighted by Crippen LogP contribution is 2.22. The average molecular weight is 314 g/mol. The van der Waals surface area contributed by atoms with Gasteiger partial charge in [0.2, 0.25) is 0 Å². The topological polar surface area (TPSA) is 67.4 Å². The van der Waals surface area contributed by atoms with E-state index >= 15 is 0 Å². The average Bonchev–Trinajstić information content (AvgIpc) is 2.54. The molecule has 0 saturated carbocycles. The fourth-order valence-corrected chi connectivity index (χ4v) is 2.19. The van der Waals surface area contributed by atoms with Crippen molar-refractivity contribution in [2.24, 2.45) is 0 Å². The van der Waals surface area contributed by atoms with E-state index in [0.717, 1.165) is 10.8 Å². The predicted molar refractivity (Wildman–Crippen MR) is 91.3 cm³/mol. The Morgan fingerprint density at radius 1 is 1.04 bits per heavy atom. The van der Waals surface area contributed by atoms with Crippen LogP contribution in [-0.4, -0.2) is 31.1 Å². The lowest BCUT2D eigenvalue weighted by Crippen LogP contribution is -2.36. The summed E-state index contributed by atoms with van der Waals surface area (Å²) in [5.41, 5.74) is 0.631. The molecule has 0 saturated heterocycles. The van der Waals surface area contributed by atoms with Crippen LogP contribution in [0.25, 0.3) is 10.8 Å². The first-order valence-electron chi connectivity index (χ1n) is 7.76. The van der Waals surface area contributed by atoms with Gasteiger partial charge in [-0.15, -0.1) is 0 Å². The van der Waals surface area contributed by atoms with Crippen LogP contribution in [0.1, 0.15) is 20.3 Å². The zero-order chi connectivity index (χ0) is 16.7. The maximum absolute atomic E-state index is 12.0. The molecule has 5 heteroatoms. The van der Waals surface area contributed by atoms with Crippen molar-refractivity contribution in [2.75, 3.05) is 18.5 Å². The van der Waals surface area contributed by atoms with Crippen molar-refractivity contribution in [3.63, 3.8) is 0 Å². The zero-order valence-corrected chi connectivity index (χ0v) is 13.5. The molecule has 0 spiro atoms. The van der Waals surface area contributed by atoms with Gasteiger partial charge in [-0.25, -0.2) is 0 Å². The fraction of sp³-hybridized carbons (Fsp3) is 0.333. The Labute approximate surface area is 136 Å². The first-order valence-corrected chi connectivity index (χ1v) is 7.76. The van der Waals surface area contributed by atoms with Gasteiger partial charge in [0.1, 0.15) is 0 Å². The molecule has 0 atom stereocenters. The fourth-order valence-electron chi connectivity index (χ4n) is 2.19. The van der Waals surface area contributed by atoms with E-state index in [-0.39, 0.29) is 6.10 Å². The van der Waals surface area contributed by atoms with Crippen molar-refractivity contribution < 1.29 is 14.3 Å². The lowest BCUT2D eigenvalue weighted by Gasteiger charge is -2.10. The molecule has 0 unspecified atom stereocenters. The highest BCUT2D eigenvalue weighted by atomic mass is 16.5. The third-order valence-electron chi connectivity index (χ3n) is 3.30. The molecule has 2 N–H and O–H groups in total. The Kier molecular flexibility index (Phi) is 6.11. The molecule has 2 aromatic rings. The minimum absolute atomic E-state index is 0.167. The molecule has 0 aliphatic rings. The van der Waals surface area contributed by atoms with Gasteiger partial charge in [0.15, 0.2) is 0 Å². The SMILES string of the molecule is CC(C)OCCCNC(=O)C(=O)Nc1cccc2ccccc12. The van der Waals surface area contributed by atoms with Crippen molar-refractivity contribution in [1.82, 2.24) is 5.32 Å². The van der Waals surface area contributed by atoms with Crippen LogP contribution in [-0.2, 0) is 14.3 Å². The van der Waals surface area contributed by atoms with Crippen molar-refractivity contribution in [2.45, 2.75) is 26.4 Å². The van der Waals surface area contributed by atoms with Gasteiger partial charge in [0, 0.05) is 24.2 Å². The Morgan fingerprint density at radius 2 is 1.78 bits per heavy atom.